The predicted octanol–water partition coefficient (Wildman–Crippen LogP) is 0.210. The average Bonchev–Trinajstić information content (AvgIpc) is 2.44. The fraction of sp³-hybridized carbons (Fsp3) is 0.929. The first-order valence-corrected chi connectivity index (χ1v) is 7.52. The van der Waals surface area contributed by atoms with Crippen LogP contribution in [0.4, 0.5) is 0 Å². The SMILES string of the molecule is CCCC(CN)N1CCN(CC(=O)N(C)CC)CC1. The summed E-state index contributed by atoms with van der Waals surface area (Å²) in [5.74, 6) is 0.222. The van der Waals surface area contributed by atoms with Crippen molar-refractivity contribution in [2.75, 3.05) is 52.9 Å². The van der Waals surface area contributed by atoms with Gasteiger partial charge in [-0.1, -0.05) is 13.3 Å². The largest absolute Gasteiger partial charge is 0.345 e. The second-order valence-electron chi connectivity index (χ2n) is 5.40. The van der Waals surface area contributed by atoms with Crippen LogP contribution >= 0.6 is 0 Å². The lowest BCUT2D eigenvalue weighted by molar-refractivity contribution is -0.131. The zero-order valence-corrected chi connectivity index (χ0v) is 12.8. The Morgan fingerprint density at radius 2 is 1.89 bits per heavy atom. The summed E-state index contributed by atoms with van der Waals surface area (Å²) in [5, 5.41) is 0. The van der Waals surface area contributed by atoms with Crippen molar-refractivity contribution in [2.45, 2.75) is 32.7 Å². The molecule has 1 aliphatic rings. The Morgan fingerprint density at radius 1 is 1.26 bits per heavy atom. The second kappa shape index (κ2) is 8.51. The van der Waals surface area contributed by atoms with Crippen LogP contribution in [0.15, 0.2) is 0 Å². The molecule has 0 spiro atoms. The molecule has 19 heavy (non-hydrogen) atoms. The molecule has 0 aliphatic carbocycles. The van der Waals surface area contributed by atoms with Crippen molar-refractivity contribution < 1.29 is 4.79 Å². The van der Waals surface area contributed by atoms with Crippen molar-refractivity contribution in [3.63, 3.8) is 0 Å². The van der Waals surface area contributed by atoms with Gasteiger partial charge < -0.3 is 10.6 Å². The lowest BCUT2D eigenvalue weighted by Gasteiger charge is -2.39. The number of carbonyl (C=O) groups excluding carboxylic acids is 1. The van der Waals surface area contributed by atoms with Crippen molar-refractivity contribution >= 4 is 5.91 Å². The number of rotatable bonds is 7. The molecule has 2 N–H and O–H groups in total. The van der Waals surface area contributed by atoms with Crippen LogP contribution in [0.25, 0.3) is 0 Å². The summed E-state index contributed by atoms with van der Waals surface area (Å²) < 4.78 is 0. The molecular formula is C14H30N4O. The Morgan fingerprint density at radius 3 is 2.37 bits per heavy atom. The monoisotopic (exact) mass is 270 g/mol. The Hall–Kier alpha value is -0.650. The standard InChI is InChI=1S/C14H30N4O/c1-4-6-13(11-15)18-9-7-17(8-10-18)12-14(19)16(3)5-2/h13H,4-12,15H2,1-3H3. The van der Waals surface area contributed by atoms with Gasteiger partial charge in [0.25, 0.3) is 0 Å². The smallest absolute Gasteiger partial charge is 0.236 e. The second-order valence-corrected chi connectivity index (χ2v) is 5.40. The summed E-state index contributed by atoms with van der Waals surface area (Å²) in [6.45, 7) is 10.3. The van der Waals surface area contributed by atoms with Gasteiger partial charge in [-0.05, 0) is 13.3 Å². The molecule has 1 fully saturated rings. The van der Waals surface area contributed by atoms with Crippen molar-refractivity contribution in [1.82, 2.24) is 14.7 Å². The van der Waals surface area contributed by atoms with Gasteiger partial charge in [-0.25, -0.2) is 0 Å². The number of amides is 1. The molecule has 0 aromatic heterocycles. The Balaban J connectivity index is 2.34. The number of likely N-dealkylation sites (N-methyl/N-ethyl adjacent to an activating group) is 1. The molecule has 0 radical (unpaired) electrons. The third kappa shape index (κ3) is 5.09. The van der Waals surface area contributed by atoms with Crippen LogP contribution in [0, 0.1) is 0 Å². The first kappa shape index (κ1) is 16.4. The van der Waals surface area contributed by atoms with Gasteiger partial charge in [0, 0.05) is 52.4 Å². The molecule has 1 saturated heterocycles. The van der Waals surface area contributed by atoms with Gasteiger partial charge in [-0.2, -0.15) is 0 Å². The molecule has 1 rings (SSSR count). The summed E-state index contributed by atoms with van der Waals surface area (Å²) in [6.07, 6.45) is 2.36. The van der Waals surface area contributed by atoms with E-state index in [-0.39, 0.29) is 5.91 Å². The molecule has 0 aromatic carbocycles. The van der Waals surface area contributed by atoms with Crippen LogP contribution < -0.4 is 5.73 Å². The molecule has 112 valence electrons. The molecule has 0 bridgehead atoms. The van der Waals surface area contributed by atoms with Crippen molar-refractivity contribution in [3.05, 3.63) is 0 Å². The Bertz CT molecular complexity index is 264. The van der Waals surface area contributed by atoms with Gasteiger partial charge >= 0.3 is 0 Å². The van der Waals surface area contributed by atoms with Crippen LogP contribution in [0.2, 0.25) is 0 Å². The van der Waals surface area contributed by atoms with Gasteiger partial charge in [0.05, 0.1) is 6.54 Å². The maximum Gasteiger partial charge on any atom is 0.236 e. The normalized spacial score (nSPS) is 19.4. The molecule has 1 amide bonds. The highest BCUT2D eigenvalue weighted by Crippen LogP contribution is 2.10. The van der Waals surface area contributed by atoms with Gasteiger partial charge in [0.15, 0.2) is 0 Å². The summed E-state index contributed by atoms with van der Waals surface area (Å²) in [4.78, 5) is 18.4. The quantitative estimate of drug-likeness (QED) is 0.718. The van der Waals surface area contributed by atoms with E-state index in [9.17, 15) is 4.79 Å². The number of hydrogen-bond acceptors (Lipinski definition) is 4. The summed E-state index contributed by atoms with van der Waals surface area (Å²) in [5.41, 5.74) is 5.85. The molecule has 1 atom stereocenters. The number of nitrogens with two attached hydrogens (primary N) is 1. The van der Waals surface area contributed by atoms with Crippen molar-refractivity contribution in [1.29, 1.82) is 0 Å². The van der Waals surface area contributed by atoms with E-state index in [1.807, 2.05) is 14.0 Å². The molecule has 0 saturated carbocycles. The van der Waals surface area contributed by atoms with Crippen LogP contribution in [0.3, 0.4) is 0 Å². The molecule has 1 aliphatic heterocycles. The highest BCUT2D eigenvalue weighted by atomic mass is 16.2. The summed E-state index contributed by atoms with van der Waals surface area (Å²) in [6, 6.07) is 0.515. The fourth-order valence-electron chi connectivity index (χ4n) is 2.56. The minimum absolute atomic E-state index is 0.222. The molecule has 5 nitrogen and oxygen atoms in total. The highest BCUT2D eigenvalue weighted by molar-refractivity contribution is 5.77. The summed E-state index contributed by atoms with van der Waals surface area (Å²) in [7, 11) is 1.87. The van der Waals surface area contributed by atoms with Crippen LogP contribution in [-0.4, -0.2) is 79.5 Å². The van der Waals surface area contributed by atoms with E-state index in [4.69, 9.17) is 5.73 Å². The predicted molar refractivity (Wildman–Crippen MR) is 79.1 cm³/mol. The van der Waals surface area contributed by atoms with E-state index in [0.717, 1.165) is 39.3 Å². The van der Waals surface area contributed by atoms with Gasteiger partial charge in [0.2, 0.25) is 5.91 Å². The number of nitrogens with zero attached hydrogens (tertiary/aromatic N) is 3. The third-order valence-electron chi connectivity index (χ3n) is 4.08. The number of hydrogen-bond donors (Lipinski definition) is 1. The maximum absolute atomic E-state index is 11.9. The number of carbonyl (C=O) groups is 1. The lowest BCUT2D eigenvalue weighted by Crippen LogP contribution is -2.53. The molecular weight excluding hydrogens is 240 g/mol. The van der Waals surface area contributed by atoms with Crippen molar-refractivity contribution in [2.24, 2.45) is 5.73 Å². The molecule has 5 heteroatoms. The molecule has 0 aromatic rings. The van der Waals surface area contributed by atoms with E-state index >= 15 is 0 Å². The summed E-state index contributed by atoms with van der Waals surface area (Å²) >= 11 is 0. The van der Waals surface area contributed by atoms with Crippen LogP contribution in [-0.2, 0) is 4.79 Å². The first-order chi connectivity index (χ1) is 9.12. The first-order valence-electron chi connectivity index (χ1n) is 7.52. The number of piperazine rings is 1. The Kier molecular flexibility index (Phi) is 7.34. The zero-order chi connectivity index (χ0) is 14.3. The highest BCUT2D eigenvalue weighted by Gasteiger charge is 2.23. The van der Waals surface area contributed by atoms with Gasteiger partial charge in [0.1, 0.15) is 0 Å². The van der Waals surface area contributed by atoms with Crippen LogP contribution in [0.1, 0.15) is 26.7 Å². The van der Waals surface area contributed by atoms with Crippen molar-refractivity contribution in [3.8, 4) is 0 Å². The molecule has 1 unspecified atom stereocenters. The van der Waals surface area contributed by atoms with E-state index in [2.05, 4.69) is 16.7 Å². The van der Waals surface area contributed by atoms with Crippen LogP contribution in [0.5, 0.6) is 0 Å². The fourth-order valence-corrected chi connectivity index (χ4v) is 2.56. The van der Waals surface area contributed by atoms with Gasteiger partial charge in [-0.15, -0.1) is 0 Å². The maximum atomic E-state index is 11.9. The van der Waals surface area contributed by atoms with Gasteiger partial charge in [-0.3, -0.25) is 14.6 Å². The third-order valence-corrected chi connectivity index (χ3v) is 4.08. The van der Waals surface area contributed by atoms with E-state index in [1.165, 1.54) is 12.8 Å². The Labute approximate surface area is 117 Å². The zero-order valence-electron chi connectivity index (χ0n) is 12.8. The average molecular weight is 270 g/mol. The lowest BCUT2D eigenvalue weighted by atomic mass is 10.1. The minimum atomic E-state index is 0.222. The topological polar surface area (TPSA) is 52.8 Å². The minimum Gasteiger partial charge on any atom is -0.345 e. The molecule has 1 heterocycles. The van der Waals surface area contributed by atoms with E-state index < -0.39 is 0 Å². The van der Waals surface area contributed by atoms with E-state index in [0.29, 0.717) is 12.6 Å². The van der Waals surface area contributed by atoms with E-state index in [1.54, 1.807) is 4.90 Å².